The summed E-state index contributed by atoms with van der Waals surface area (Å²) in [5.74, 6) is 0.0230. The standard InChI is InChI=1S/C15H21BrN2O/c1-3-18-8-4-5-12(10-18)17-15(19)13-7-6-11(2)9-14(13)16/h6-7,9,12H,3-5,8,10H2,1-2H3,(H,17,19). The molecule has 0 spiro atoms. The fraction of sp³-hybridized carbons (Fsp3) is 0.533. The smallest absolute Gasteiger partial charge is 0.252 e. The Bertz CT molecular complexity index is 461. The molecule has 1 atom stereocenters. The van der Waals surface area contributed by atoms with Gasteiger partial charge in [-0.15, -0.1) is 0 Å². The molecule has 1 aromatic carbocycles. The van der Waals surface area contributed by atoms with Crippen molar-refractivity contribution >= 4 is 21.8 Å². The predicted octanol–water partition coefficient (Wildman–Crippen LogP) is 2.97. The second kappa shape index (κ2) is 6.53. The zero-order chi connectivity index (χ0) is 13.8. The van der Waals surface area contributed by atoms with Gasteiger partial charge in [-0.1, -0.05) is 13.0 Å². The van der Waals surface area contributed by atoms with Crippen molar-refractivity contribution in [2.45, 2.75) is 32.7 Å². The maximum atomic E-state index is 12.3. The molecular formula is C15H21BrN2O. The van der Waals surface area contributed by atoms with Gasteiger partial charge in [-0.3, -0.25) is 4.79 Å². The number of carbonyl (C=O) groups excluding carboxylic acids is 1. The minimum Gasteiger partial charge on any atom is -0.348 e. The fourth-order valence-corrected chi connectivity index (χ4v) is 3.20. The maximum Gasteiger partial charge on any atom is 0.252 e. The van der Waals surface area contributed by atoms with Crippen molar-refractivity contribution in [1.82, 2.24) is 10.2 Å². The SMILES string of the molecule is CCN1CCCC(NC(=O)c2ccc(C)cc2Br)C1. The first kappa shape index (κ1) is 14.5. The minimum atomic E-state index is 0.0230. The first-order chi connectivity index (χ1) is 9.10. The van der Waals surface area contributed by atoms with Crippen molar-refractivity contribution in [3.63, 3.8) is 0 Å². The van der Waals surface area contributed by atoms with Crippen molar-refractivity contribution < 1.29 is 4.79 Å². The zero-order valence-corrected chi connectivity index (χ0v) is 13.2. The van der Waals surface area contributed by atoms with Crippen LogP contribution in [0.5, 0.6) is 0 Å². The highest BCUT2D eigenvalue weighted by Crippen LogP contribution is 2.19. The number of likely N-dealkylation sites (N-methyl/N-ethyl adjacent to an activating group) is 1. The maximum absolute atomic E-state index is 12.3. The molecule has 2 rings (SSSR count). The van der Waals surface area contributed by atoms with Gasteiger partial charge in [0.05, 0.1) is 5.56 Å². The second-order valence-electron chi connectivity index (χ2n) is 5.19. The molecule has 1 amide bonds. The van der Waals surface area contributed by atoms with E-state index in [1.165, 1.54) is 0 Å². The summed E-state index contributed by atoms with van der Waals surface area (Å²) < 4.78 is 0.869. The Morgan fingerprint density at radius 2 is 2.32 bits per heavy atom. The van der Waals surface area contributed by atoms with Crippen LogP contribution in [0.3, 0.4) is 0 Å². The lowest BCUT2D eigenvalue weighted by Crippen LogP contribution is -2.47. The molecule has 1 saturated heterocycles. The average Bonchev–Trinajstić information content (AvgIpc) is 2.38. The highest BCUT2D eigenvalue weighted by Gasteiger charge is 2.21. The fourth-order valence-electron chi connectivity index (χ4n) is 2.53. The largest absolute Gasteiger partial charge is 0.348 e. The molecule has 1 aromatic rings. The van der Waals surface area contributed by atoms with Gasteiger partial charge in [-0.25, -0.2) is 0 Å². The van der Waals surface area contributed by atoms with Crippen LogP contribution in [0.4, 0.5) is 0 Å². The summed E-state index contributed by atoms with van der Waals surface area (Å²) in [5.41, 5.74) is 1.87. The molecule has 104 valence electrons. The van der Waals surface area contributed by atoms with Gasteiger partial charge in [0.2, 0.25) is 0 Å². The Hall–Kier alpha value is -0.870. The van der Waals surface area contributed by atoms with E-state index in [0.717, 1.165) is 48.1 Å². The Balaban J connectivity index is 2.00. The van der Waals surface area contributed by atoms with Crippen molar-refractivity contribution in [2.24, 2.45) is 0 Å². The number of hydrogen-bond donors (Lipinski definition) is 1. The van der Waals surface area contributed by atoms with Gasteiger partial charge in [-0.05, 0) is 66.5 Å². The molecule has 19 heavy (non-hydrogen) atoms. The van der Waals surface area contributed by atoms with E-state index in [2.05, 4.69) is 33.1 Å². The Morgan fingerprint density at radius 3 is 3.00 bits per heavy atom. The third-order valence-corrected chi connectivity index (χ3v) is 4.31. The van der Waals surface area contributed by atoms with Crippen LogP contribution in [-0.2, 0) is 0 Å². The summed E-state index contributed by atoms with van der Waals surface area (Å²) in [7, 11) is 0. The molecule has 0 radical (unpaired) electrons. The summed E-state index contributed by atoms with van der Waals surface area (Å²) in [6.07, 6.45) is 2.24. The zero-order valence-electron chi connectivity index (χ0n) is 11.6. The Morgan fingerprint density at radius 1 is 1.53 bits per heavy atom. The number of likely N-dealkylation sites (tertiary alicyclic amines) is 1. The van der Waals surface area contributed by atoms with Crippen LogP contribution in [0.25, 0.3) is 0 Å². The van der Waals surface area contributed by atoms with E-state index >= 15 is 0 Å². The number of nitrogens with zero attached hydrogens (tertiary/aromatic N) is 1. The molecule has 1 fully saturated rings. The van der Waals surface area contributed by atoms with E-state index in [1.807, 2.05) is 25.1 Å². The summed E-state index contributed by atoms with van der Waals surface area (Å²) in [6.45, 7) is 7.36. The second-order valence-corrected chi connectivity index (χ2v) is 6.04. The number of rotatable bonds is 3. The van der Waals surface area contributed by atoms with Crippen molar-refractivity contribution in [1.29, 1.82) is 0 Å². The molecule has 0 aliphatic carbocycles. The number of piperidine rings is 1. The first-order valence-electron chi connectivity index (χ1n) is 6.89. The number of benzene rings is 1. The van der Waals surface area contributed by atoms with E-state index in [1.54, 1.807) is 0 Å². The quantitative estimate of drug-likeness (QED) is 0.927. The van der Waals surface area contributed by atoms with Gasteiger partial charge in [0, 0.05) is 17.1 Å². The summed E-state index contributed by atoms with van der Waals surface area (Å²) in [6, 6.07) is 6.11. The Labute approximate surface area is 123 Å². The highest BCUT2D eigenvalue weighted by molar-refractivity contribution is 9.10. The van der Waals surface area contributed by atoms with Crippen LogP contribution in [0.2, 0.25) is 0 Å². The van der Waals surface area contributed by atoms with Gasteiger partial charge < -0.3 is 10.2 Å². The molecular weight excluding hydrogens is 304 g/mol. The predicted molar refractivity (Wildman–Crippen MR) is 81.5 cm³/mol. The lowest BCUT2D eigenvalue weighted by atomic mass is 10.0. The molecule has 1 unspecified atom stereocenters. The van der Waals surface area contributed by atoms with Crippen LogP contribution in [0.15, 0.2) is 22.7 Å². The van der Waals surface area contributed by atoms with Crippen molar-refractivity contribution in [3.05, 3.63) is 33.8 Å². The molecule has 1 heterocycles. The number of aryl methyl sites for hydroxylation is 1. The van der Waals surface area contributed by atoms with E-state index in [0.29, 0.717) is 0 Å². The third-order valence-electron chi connectivity index (χ3n) is 3.66. The van der Waals surface area contributed by atoms with E-state index in [-0.39, 0.29) is 11.9 Å². The molecule has 0 aromatic heterocycles. The van der Waals surface area contributed by atoms with Crippen molar-refractivity contribution in [3.8, 4) is 0 Å². The molecule has 4 heteroatoms. The van der Waals surface area contributed by atoms with Crippen LogP contribution in [0.1, 0.15) is 35.7 Å². The van der Waals surface area contributed by atoms with Crippen LogP contribution < -0.4 is 5.32 Å². The number of hydrogen-bond acceptors (Lipinski definition) is 2. The normalized spacial score (nSPS) is 20.3. The molecule has 3 nitrogen and oxygen atoms in total. The van der Waals surface area contributed by atoms with E-state index in [9.17, 15) is 4.79 Å². The van der Waals surface area contributed by atoms with E-state index < -0.39 is 0 Å². The minimum absolute atomic E-state index is 0.0230. The van der Waals surface area contributed by atoms with Crippen LogP contribution >= 0.6 is 15.9 Å². The first-order valence-corrected chi connectivity index (χ1v) is 7.69. The summed E-state index contributed by atoms with van der Waals surface area (Å²) >= 11 is 3.47. The number of nitrogens with one attached hydrogen (secondary N) is 1. The van der Waals surface area contributed by atoms with Crippen LogP contribution in [0, 0.1) is 6.92 Å². The third kappa shape index (κ3) is 3.80. The molecule has 1 aliphatic heterocycles. The summed E-state index contributed by atoms with van der Waals surface area (Å²) in [5, 5.41) is 3.15. The topological polar surface area (TPSA) is 32.3 Å². The lowest BCUT2D eigenvalue weighted by Gasteiger charge is -2.32. The van der Waals surface area contributed by atoms with Gasteiger partial charge in [0.1, 0.15) is 0 Å². The van der Waals surface area contributed by atoms with Gasteiger partial charge in [-0.2, -0.15) is 0 Å². The number of amides is 1. The monoisotopic (exact) mass is 324 g/mol. The highest BCUT2D eigenvalue weighted by atomic mass is 79.9. The molecule has 1 aliphatic rings. The van der Waals surface area contributed by atoms with Gasteiger partial charge in [0.25, 0.3) is 5.91 Å². The van der Waals surface area contributed by atoms with Gasteiger partial charge >= 0.3 is 0 Å². The Kier molecular flexibility index (Phi) is 4.99. The summed E-state index contributed by atoms with van der Waals surface area (Å²) in [4.78, 5) is 14.7. The number of halogens is 1. The van der Waals surface area contributed by atoms with Crippen molar-refractivity contribution in [2.75, 3.05) is 19.6 Å². The van der Waals surface area contributed by atoms with Gasteiger partial charge in [0.15, 0.2) is 0 Å². The average molecular weight is 325 g/mol. The van der Waals surface area contributed by atoms with Crippen LogP contribution in [-0.4, -0.2) is 36.5 Å². The lowest BCUT2D eigenvalue weighted by molar-refractivity contribution is 0.0905. The molecule has 1 N–H and O–H groups in total. The molecule has 0 saturated carbocycles. The molecule has 0 bridgehead atoms. The number of carbonyl (C=O) groups is 1. The van der Waals surface area contributed by atoms with E-state index in [4.69, 9.17) is 0 Å².